The second kappa shape index (κ2) is 6.34. The SMILES string of the molecule is Cc1ccc(S(=O)(=O)NC(CC(=O)O)C(C)(C)C)c(Cl)c1. The average molecular weight is 334 g/mol. The monoisotopic (exact) mass is 333 g/mol. The molecule has 118 valence electrons. The van der Waals surface area contributed by atoms with Gasteiger partial charge in [-0.25, -0.2) is 13.1 Å². The summed E-state index contributed by atoms with van der Waals surface area (Å²) >= 11 is 5.98. The molecular weight excluding hydrogens is 314 g/mol. The Bertz CT molecular complexity index is 635. The molecule has 0 radical (unpaired) electrons. The minimum Gasteiger partial charge on any atom is -0.481 e. The number of carboxylic acids is 1. The van der Waals surface area contributed by atoms with Gasteiger partial charge < -0.3 is 5.11 Å². The van der Waals surface area contributed by atoms with E-state index in [1.54, 1.807) is 39.8 Å². The van der Waals surface area contributed by atoms with Crippen LogP contribution in [0, 0.1) is 12.3 Å². The van der Waals surface area contributed by atoms with E-state index in [0.717, 1.165) is 5.56 Å². The Morgan fingerprint density at radius 3 is 2.38 bits per heavy atom. The molecule has 0 aromatic heterocycles. The zero-order valence-electron chi connectivity index (χ0n) is 12.5. The molecule has 1 rings (SSSR count). The highest BCUT2D eigenvalue weighted by Gasteiger charge is 2.32. The summed E-state index contributed by atoms with van der Waals surface area (Å²) in [4.78, 5) is 10.9. The number of carbonyl (C=O) groups is 1. The predicted octanol–water partition coefficient (Wildman–Crippen LogP) is 2.82. The Morgan fingerprint density at radius 2 is 1.95 bits per heavy atom. The first-order chi connectivity index (χ1) is 9.43. The van der Waals surface area contributed by atoms with Crippen LogP contribution in [0.1, 0.15) is 32.8 Å². The maximum Gasteiger partial charge on any atom is 0.304 e. The summed E-state index contributed by atoms with van der Waals surface area (Å²) in [5, 5.41) is 9.06. The van der Waals surface area contributed by atoms with Crippen molar-refractivity contribution in [3.63, 3.8) is 0 Å². The van der Waals surface area contributed by atoms with E-state index in [0.29, 0.717) is 0 Å². The Morgan fingerprint density at radius 1 is 1.38 bits per heavy atom. The summed E-state index contributed by atoms with van der Waals surface area (Å²) in [6.45, 7) is 7.14. The number of carboxylic acid groups (broad SMARTS) is 1. The van der Waals surface area contributed by atoms with E-state index in [9.17, 15) is 13.2 Å². The maximum atomic E-state index is 12.4. The van der Waals surface area contributed by atoms with Gasteiger partial charge in [-0.2, -0.15) is 0 Å². The molecule has 0 amide bonds. The molecule has 1 aromatic carbocycles. The van der Waals surface area contributed by atoms with E-state index in [-0.39, 0.29) is 16.3 Å². The van der Waals surface area contributed by atoms with Crippen molar-refractivity contribution in [1.82, 2.24) is 4.72 Å². The number of rotatable bonds is 5. The number of sulfonamides is 1. The van der Waals surface area contributed by atoms with E-state index in [4.69, 9.17) is 16.7 Å². The van der Waals surface area contributed by atoms with Gasteiger partial charge in [-0.3, -0.25) is 4.79 Å². The lowest BCUT2D eigenvalue weighted by atomic mass is 9.85. The lowest BCUT2D eigenvalue weighted by Gasteiger charge is -2.30. The topological polar surface area (TPSA) is 83.5 Å². The van der Waals surface area contributed by atoms with E-state index in [1.165, 1.54) is 6.07 Å². The van der Waals surface area contributed by atoms with E-state index in [1.807, 2.05) is 0 Å². The number of aliphatic carboxylic acids is 1. The van der Waals surface area contributed by atoms with Crippen LogP contribution in [0.3, 0.4) is 0 Å². The molecule has 0 spiro atoms. The Hall–Kier alpha value is -1.11. The zero-order valence-corrected chi connectivity index (χ0v) is 14.0. The zero-order chi connectivity index (χ0) is 16.4. The fourth-order valence-corrected chi connectivity index (χ4v) is 3.81. The van der Waals surface area contributed by atoms with Crippen molar-refractivity contribution in [2.24, 2.45) is 5.41 Å². The fourth-order valence-electron chi connectivity index (χ4n) is 1.77. The minimum atomic E-state index is -3.88. The smallest absolute Gasteiger partial charge is 0.304 e. The van der Waals surface area contributed by atoms with Crippen molar-refractivity contribution in [3.05, 3.63) is 28.8 Å². The van der Waals surface area contributed by atoms with Crippen LogP contribution < -0.4 is 4.72 Å². The number of hydrogen-bond acceptors (Lipinski definition) is 3. The molecule has 0 aliphatic rings. The molecule has 0 saturated carbocycles. The number of aryl methyl sites for hydroxylation is 1. The molecule has 0 aliphatic carbocycles. The van der Waals surface area contributed by atoms with Crippen LogP contribution in [-0.4, -0.2) is 25.5 Å². The molecule has 1 aromatic rings. The molecule has 7 heteroatoms. The van der Waals surface area contributed by atoms with Crippen molar-refractivity contribution in [1.29, 1.82) is 0 Å². The Labute approximate surface area is 130 Å². The van der Waals surface area contributed by atoms with Crippen LogP contribution >= 0.6 is 11.6 Å². The molecule has 2 N–H and O–H groups in total. The number of benzene rings is 1. The predicted molar refractivity (Wildman–Crippen MR) is 82.0 cm³/mol. The largest absolute Gasteiger partial charge is 0.481 e. The average Bonchev–Trinajstić information content (AvgIpc) is 2.24. The van der Waals surface area contributed by atoms with Gasteiger partial charge in [-0.15, -0.1) is 0 Å². The summed E-state index contributed by atoms with van der Waals surface area (Å²) in [5.41, 5.74) is 0.305. The lowest BCUT2D eigenvalue weighted by Crippen LogP contribution is -2.45. The molecule has 0 fully saturated rings. The highest BCUT2D eigenvalue weighted by molar-refractivity contribution is 7.89. The first-order valence-electron chi connectivity index (χ1n) is 6.44. The van der Waals surface area contributed by atoms with Gasteiger partial charge in [-0.1, -0.05) is 38.4 Å². The van der Waals surface area contributed by atoms with Crippen LogP contribution in [0.5, 0.6) is 0 Å². The molecule has 1 unspecified atom stereocenters. The highest BCUT2D eigenvalue weighted by atomic mass is 35.5. The summed E-state index contributed by atoms with van der Waals surface area (Å²) in [5.74, 6) is -1.06. The first kappa shape index (κ1) is 17.9. The van der Waals surface area contributed by atoms with Gasteiger partial charge in [0.25, 0.3) is 0 Å². The first-order valence-corrected chi connectivity index (χ1v) is 8.30. The van der Waals surface area contributed by atoms with Crippen molar-refractivity contribution in [2.45, 2.75) is 45.1 Å². The third-order valence-electron chi connectivity index (χ3n) is 3.10. The van der Waals surface area contributed by atoms with Crippen molar-refractivity contribution >= 4 is 27.6 Å². The minimum absolute atomic E-state index is 0.0468. The van der Waals surface area contributed by atoms with E-state index in [2.05, 4.69) is 4.72 Å². The van der Waals surface area contributed by atoms with E-state index >= 15 is 0 Å². The normalized spacial score (nSPS) is 14.0. The van der Waals surface area contributed by atoms with Crippen LogP contribution in [0.25, 0.3) is 0 Å². The van der Waals surface area contributed by atoms with Crippen LogP contribution in [0.2, 0.25) is 5.02 Å². The van der Waals surface area contributed by atoms with Gasteiger partial charge in [0.1, 0.15) is 4.90 Å². The number of halogens is 1. The fraction of sp³-hybridized carbons (Fsp3) is 0.500. The summed E-state index contributed by atoms with van der Waals surface area (Å²) in [7, 11) is -3.88. The second-order valence-corrected chi connectivity index (χ2v) is 8.16. The Kier molecular flexibility index (Phi) is 5.41. The maximum absolute atomic E-state index is 12.4. The van der Waals surface area contributed by atoms with Crippen molar-refractivity contribution < 1.29 is 18.3 Å². The van der Waals surface area contributed by atoms with Crippen LogP contribution in [0.4, 0.5) is 0 Å². The van der Waals surface area contributed by atoms with Gasteiger partial charge in [0.15, 0.2) is 0 Å². The van der Waals surface area contributed by atoms with Crippen LogP contribution in [0.15, 0.2) is 23.1 Å². The number of nitrogens with one attached hydrogen (secondary N) is 1. The van der Waals surface area contributed by atoms with E-state index < -0.39 is 27.4 Å². The molecule has 0 saturated heterocycles. The lowest BCUT2D eigenvalue weighted by molar-refractivity contribution is -0.138. The Balaban J connectivity index is 3.14. The molecule has 5 nitrogen and oxygen atoms in total. The summed E-state index contributed by atoms with van der Waals surface area (Å²) < 4.78 is 27.3. The summed E-state index contributed by atoms with van der Waals surface area (Å²) in [6.07, 6.45) is -0.299. The number of hydrogen-bond donors (Lipinski definition) is 2. The van der Waals surface area contributed by atoms with Crippen molar-refractivity contribution in [2.75, 3.05) is 0 Å². The molecule has 21 heavy (non-hydrogen) atoms. The third-order valence-corrected chi connectivity index (χ3v) is 5.05. The van der Waals surface area contributed by atoms with Crippen LogP contribution in [-0.2, 0) is 14.8 Å². The van der Waals surface area contributed by atoms with Crippen molar-refractivity contribution in [3.8, 4) is 0 Å². The van der Waals surface area contributed by atoms with Gasteiger partial charge in [0.05, 0.1) is 11.4 Å². The standard InChI is InChI=1S/C14H20ClNO4S/c1-9-5-6-11(10(15)7-9)21(19,20)16-12(8-13(17)18)14(2,3)4/h5-7,12,16H,8H2,1-4H3,(H,17,18). The van der Waals surface area contributed by atoms with Gasteiger partial charge in [-0.05, 0) is 30.0 Å². The quantitative estimate of drug-likeness (QED) is 0.867. The second-order valence-electron chi connectivity index (χ2n) is 6.07. The van der Waals surface area contributed by atoms with Gasteiger partial charge in [0.2, 0.25) is 10.0 Å². The molecule has 1 atom stereocenters. The molecule has 0 heterocycles. The molecular formula is C14H20ClNO4S. The molecule has 0 bridgehead atoms. The molecule has 0 aliphatic heterocycles. The summed E-state index contributed by atoms with van der Waals surface area (Å²) in [6, 6.07) is 3.88. The van der Waals surface area contributed by atoms with Gasteiger partial charge in [0, 0.05) is 6.04 Å². The third kappa shape index (κ3) is 4.98. The van der Waals surface area contributed by atoms with Gasteiger partial charge >= 0.3 is 5.97 Å². The highest BCUT2D eigenvalue weighted by Crippen LogP contribution is 2.27.